The molecular weight excluding hydrogens is 254 g/mol. The average Bonchev–Trinajstić information content (AvgIpc) is 2.78. The number of rotatable bonds is 3. The number of anilines is 1. The molecule has 1 aromatic carbocycles. The van der Waals surface area contributed by atoms with E-state index >= 15 is 0 Å². The van der Waals surface area contributed by atoms with Crippen molar-refractivity contribution in [3.05, 3.63) is 46.7 Å². The third-order valence-corrected chi connectivity index (χ3v) is 3.12. The molecule has 106 valence electrons. The maximum Gasteiger partial charge on any atom is 0.323 e. The summed E-state index contributed by atoms with van der Waals surface area (Å²) in [5, 5.41) is 6.44. The molecule has 1 heterocycles. The summed E-state index contributed by atoms with van der Waals surface area (Å²) >= 11 is 0. The fourth-order valence-corrected chi connectivity index (χ4v) is 1.98. The molecule has 1 N–H and O–H groups in total. The lowest BCUT2D eigenvalue weighted by atomic mass is 10.1. The number of aromatic nitrogens is 1. The van der Waals surface area contributed by atoms with E-state index < -0.39 is 0 Å². The van der Waals surface area contributed by atoms with Crippen LogP contribution in [0.1, 0.15) is 22.5 Å². The molecule has 0 saturated carbocycles. The van der Waals surface area contributed by atoms with Crippen molar-refractivity contribution < 1.29 is 9.32 Å². The Morgan fingerprint density at radius 3 is 2.65 bits per heavy atom. The number of hydrogen-bond acceptors (Lipinski definition) is 3. The molecule has 0 unspecified atom stereocenters. The van der Waals surface area contributed by atoms with Crippen LogP contribution in [0, 0.1) is 20.8 Å². The summed E-state index contributed by atoms with van der Waals surface area (Å²) in [4.78, 5) is 13.7. The number of amides is 2. The van der Waals surface area contributed by atoms with Crippen LogP contribution in [0.4, 0.5) is 10.6 Å². The maximum absolute atomic E-state index is 12.0. The highest BCUT2D eigenvalue weighted by Gasteiger charge is 2.12. The SMILES string of the molecule is Cc1ccc(CN(C)C(=O)Nc2cc(C)on2)c(C)c1. The van der Waals surface area contributed by atoms with Crippen LogP contribution in [0.25, 0.3) is 0 Å². The van der Waals surface area contributed by atoms with Crippen molar-refractivity contribution in [2.75, 3.05) is 12.4 Å². The van der Waals surface area contributed by atoms with Gasteiger partial charge in [0.15, 0.2) is 5.82 Å². The quantitative estimate of drug-likeness (QED) is 0.933. The molecular formula is C15H19N3O2. The van der Waals surface area contributed by atoms with Gasteiger partial charge in [0.25, 0.3) is 0 Å². The first-order chi connectivity index (χ1) is 9.45. The molecule has 2 rings (SSSR count). The fraction of sp³-hybridized carbons (Fsp3) is 0.333. The van der Waals surface area contributed by atoms with E-state index in [1.807, 2.05) is 0 Å². The lowest BCUT2D eigenvalue weighted by molar-refractivity contribution is 0.220. The van der Waals surface area contributed by atoms with Crippen LogP contribution in [-0.4, -0.2) is 23.1 Å². The molecule has 0 aliphatic rings. The van der Waals surface area contributed by atoms with Crippen LogP contribution >= 0.6 is 0 Å². The van der Waals surface area contributed by atoms with Crippen molar-refractivity contribution in [2.24, 2.45) is 0 Å². The Bertz CT molecular complexity index is 619. The highest BCUT2D eigenvalue weighted by atomic mass is 16.5. The summed E-state index contributed by atoms with van der Waals surface area (Å²) in [7, 11) is 1.75. The largest absolute Gasteiger partial charge is 0.360 e. The second-order valence-corrected chi connectivity index (χ2v) is 5.04. The predicted molar refractivity (Wildman–Crippen MR) is 77.6 cm³/mol. The molecule has 2 aromatic rings. The Labute approximate surface area is 118 Å². The van der Waals surface area contributed by atoms with Gasteiger partial charge in [0.05, 0.1) is 0 Å². The highest BCUT2D eigenvalue weighted by Crippen LogP contribution is 2.13. The normalized spacial score (nSPS) is 10.4. The molecule has 0 fully saturated rings. The topological polar surface area (TPSA) is 58.4 Å². The summed E-state index contributed by atoms with van der Waals surface area (Å²) in [5.74, 6) is 1.09. The molecule has 0 aliphatic heterocycles. The second-order valence-electron chi connectivity index (χ2n) is 5.04. The number of carbonyl (C=O) groups excluding carboxylic acids is 1. The lowest BCUT2D eigenvalue weighted by Gasteiger charge is -2.18. The highest BCUT2D eigenvalue weighted by molar-refractivity contribution is 5.88. The fourth-order valence-electron chi connectivity index (χ4n) is 1.98. The van der Waals surface area contributed by atoms with Gasteiger partial charge < -0.3 is 9.42 Å². The zero-order valence-corrected chi connectivity index (χ0v) is 12.2. The van der Waals surface area contributed by atoms with Crippen LogP contribution in [0.5, 0.6) is 0 Å². The monoisotopic (exact) mass is 273 g/mol. The van der Waals surface area contributed by atoms with E-state index in [0.29, 0.717) is 18.1 Å². The number of hydrogen-bond donors (Lipinski definition) is 1. The molecule has 1 aromatic heterocycles. The summed E-state index contributed by atoms with van der Waals surface area (Å²) in [5.41, 5.74) is 3.53. The Morgan fingerprint density at radius 2 is 2.05 bits per heavy atom. The van der Waals surface area contributed by atoms with E-state index in [0.717, 1.165) is 5.56 Å². The van der Waals surface area contributed by atoms with Gasteiger partial charge in [-0.1, -0.05) is 28.9 Å². The number of nitrogens with zero attached hydrogens (tertiary/aromatic N) is 2. The van der Waals surface area contributed by atoms with E-state index in [-0.39, 0.29) is 6.03 Å². The van der Waals surface area contributed by atoms with E-state index in [9.17, 15) is 4.79 Å². The second kappa shape index (κ2) is 5.77. The van der Waals surface area contributed by atoms with Crippen molar-refractivity contribution >= 4 is 11.8 Å². The Morgan fingerprint density at radius 1 is 1.30 bits per heavy atom. The molecule has 0 aliphatic carbocycles. The van der Waals surface area contributed by atoms with Crippen molar-refractivity contribution in [2.45, 2.75) is 27.3 Å². The molecule has 0 spiro atoms. The molecule has 5 nitrogen and oxygen atoms in total. The number of nitrogens with one attached hydrogen (secondary N) is 1. The molecule has 0 saturated heterocycles. The van der Waals surface area contributed by atoms with Crippen LogP contribution in [0.15, 0.2) is 28.8 Å². The molecule has 0 bridgehead atoms. The van der Waals surface area contributed by atoms with E-state index in [2.05, 4.69) is 42.5 Å². The van der Waals surface area contributed by atoms with Crippen molar-refractivity contribution in [1.29, 1.82) is 0 Å². The maximum atomic E-state index is 12.0. The number of aryl methyl sites for hydroxylation is 3. The van der Waals surface area contributed by atoms with Crippen LogP contribution in [-0.2, 0) is 6.54 Å². The lowest BCUT2D eigenvalue weighted by Crippen LogP contribution is -2.31. The first kappa shape index (κ1) is 14.1. The molecule has 20 heavy (non-hydrogen) atoms. The molecule has 2 amide bonds. The minimum atomic E-state index is -0.210. The average molecular weight is 273 g/mol. The zero-order valence-electron chi connectivity index (χ0n) is 12.2. The van der Waals surface area contributed by atoms with Gasteiger partial charge in [-0.3, -0.25) is 5.32 Å². The Hall–Kier alpha value is -2.30. The van der Waals surface area contributed by atoms with Crippen LogP contribution in [0.3, 0.4) is 0 Å². The van der Waals surface area contributed by atoms with Gasteiger partial charge in [-0.05, 0) is 31.9 Å². The third kappa shape index (κ3) is 3.38. The van der Waals surface area contributed by atoms with Gasteiger partial charge in [0.2, 0.25) is 0 Å². The van der Waals surface area contributed by atoms with Crippen molar-refractivity contribution in [3.8, 4) is 0 Å². The summed E-state index contributed by atoms with van der Waals surface area (Å²) in [6, 6.07) is 7.69. The van der Waals surface area contributed by atoms with Gasteiger partial charge in [-0.15, -0.1) is 0 Å². The molecule has 0 atom stereocenters. The van der Waals surface area contributed by atoms with Gasteiger partial charge in [0.1, 0.15) is 5.76 Å². The summed E-state index contributed by atoms with van der Waals surface area (Å²) in [6.07, 6.45) is 0. The van der Waals surface area contributed by atoms with Crippen LogP contribution in [0.2, 0.25) is 0 Å². The number of carbonyl (C=O) groups is 1. The minimum absolute atomic E-state index is 0.210. The smallest absolute Gasteiger partial charge is 0.323 e. The third-order valence-electron chi connectivity index (χ3n) is 3.12. The number of urea groups is 1. The van der Waals surface area contributed by atoms with Gasteiger partial charge in [-0.2, -0.15) is 0 Å². The number of benzene rings is 1. The first-order valence-corrected chi connectivity index (χ1v) is 6.47. The van der Waals surface area contributed by atoms with Gasteiger partial charge in [-0.25, -0.2) is 4.79 Å². The standard InChI is InChI=1S/C15H19N3O2/c1-10-5-6-13(11(2)7-10)9-18(4)15(19)16-14-8-12(3)20-17-14/h5-8H,9H2,1-4H3,(H,16,17,19). The minimum Gasteiger partial charge on any atom is -0.360 e. The first-order valence-electron chi connectivity index (χ1n) is 6.47. The Kier molecular flexibility index (Phi) is 4.08. The molecule has 0 radical (unpaired) electrons. The van der Waals surface area contributed by atoms with Gasteiger partial charge >= 0.3 is 6.03 Å². The van der Waals surface area contributed by atoms with Crippen molar-refractivity contribution in [1.82, 2.24) is 10.1 Å². The Balaban J connectivity index is 2.00. The van der Waals surface area contributed by atoms with E-state index in [1.54, 1.807) is 24.9 Å². The summed E-state index contributed by atoms with van der Waals surface area (Å²) < 4.78 is 4.91. The van der Waals surface area contributed by atoms with E-state index in [4.69, 9.17) is 4.52 Å². The van der Waals surface area contributed by atoms with Crippen molar-refractivity contribution in [3.63, 3.8) is 0 Å². The summed E-state index contributed by atoms with van der Waals surface area (Å²) in [6.45, 7) is 6.44. The molecule has 5 heteroatoms. The zero-order chi connectivity index (χ0) is 14.7. The van der Waals surface area contributed by atoms with Gasteiger partial charge in [0, 0.05) is 19.7 Å². The van der Waals surface area contributed by atoms with E-state index in [1.165, 1.54) is 11.1 Å². The predicted octanol–water partition coefficient (Wildman–Crippen LogP) is 3.26. The van der Waals surface area contributed by atoms with Crippen LogP contribution < -0.4 is 5.32 Å².